The SMILES string of the molecule is Nc1[nH]c(C(=O)c2ccccc2)c(-c2ccc(O)cc2O)c1C(=O)c1cccc(Cl)c1. The number of carbonyl (C=O) groups excluding carboxylic acids is 2. The summed E-state index contributed by atoms with van der Waals surface area (Å²) in [5, 5.41) is 20.6. The van der Waals surface area contributed by atoms with Crippen LogP contribution in [0.25, 0.3) is 11.1 Å². The number of aromatic hydroxyl groups is 2. The molecule has 0 saturated heterocycles. The third kappa shape index (κ3) is 3.76. The Bertz CT molecular complexity index is 1310. The molecule has 0 aliphatic heterocycles. The first-order chi connectivity index (χ1) is 14.9. The summed E-state index contributed by atoms with van der Waals surface area (Å²) in [4.78, 5) is 29.4. The number of phenols is 2. The van der Waals surface area contributed by atoms with Gasteiger partial charge in [0.05, 0.1) is 11.3 Å². The zero-order chi connectivity index (χ0) is 22.1. The summed E-state index contributed by atoms with van der Waals surface area (Å²) >= 11 is 6.04. The molecule has 1 aromatic heterocycles. The molecule has 0 saturated carbocycles. The van der Waals surface area contributed by atoms with Gasteiger partial charge in [-0.1, -0.05) is 54.1 Å². The summed E-state index contributed by atoms with van der Waals surface area (Å²) in [5.74, 6) is -1.36. The average molecular weight is 433 g/mol. The van der Waals surface area contributed by atoms with Crippen molar-refractivity contribution in [2.75, 3.05) is 5.73 Å². The van der Waals surface area contributed by atoms with Gasteiger partial charge in [-0.05, 0) is 24.3 Å². The predicted octanol–water partition coefficient (Wildman–Crippen LogP) is 4.79. The van der Waals surface area contributed by atoms with Crippen molar-refractivity contribution in [2.24, 2.45) is 0 Å². The maximum Gasteiger partial charge on any atom is 0.209 e. The Morgan fingerprint density at radius 2 is 1.55 bits per heavy atom. The van der Waals surface area contributed by atoms with Gasteiger partial charge in [0.1, 0.15) is 17.3 Å². The zero-order valence-electron chi connectivity index (χ0n) is 16.1. The molecule has 3 aromatic carbocycles. The molecule has 5 N–H and O–H groups in total. The number of H-pyrrole nitrogens is 1. The maximum atomic E-state index is 13.4. The van der Waals surface area contributed by atoms with Gasteiger partial charge in [0.2, 0.25) is 5.78 Å². The van der Waals surface area contributed by atoms with Crippen LogP contribution < -0.4 is 5.73 Å². The van der Waals surface area contributed by atoms with Crippen LogP contribution >= 0.6 is 11.6 Å². The van der Waals surface area contributed by atoms with E-state index in [0.29, 0.717) is 10.6 Å². The largest absolute Gasteiger partial charge is 0.508 e. The second kappa shape index (κ2) is 8.01. The number of benzene rings is 3. The first-order valence-electron chi connectivity index (χ1n) is 9.30. The molecule has 0 atom stereocenters. The van der Waals surface area contributed by atoms with Crippen LogP contribution in [0, 0.1) is 0 Å². The molecular weight excluding hydrogens is 416 g/mol. The van der Waals surface area contributed by atoms with Crippen LogP contribution in [0.2, 0.25) is 5.02 Å². The van der Waals surface area contributed by atoms with E-state index in [1.807, 2.05) is 0 Å². The molecular formula is C24H17ClN2O4. The van der Waals surface area contributed by atoms with Gasteiger partial charge in [-0.2, -0.15) is 0 Å². The smallest absolute Gasteiger partial charge is 0.209 e. The summed E-state index contributed by atoms with van der Waals surface area (Å²) in [5.41, 5.74) is 7.22. The summed E-state index contributed by atoms with van der Waals surface area (Å²) < 4.78 is 0. The average Bonchev–Trinajstić information content (AvgIpc) is 3.10. The molecule has 0 amide bonds. The molecule has 4 rings (SSSR count). The number of hydrogen-bond donors (Lipinski definition) is 4. The highest BCUT2D eigenvalue weighted by Gasteiger charge is 2.29. The zero-order valence-corrected chi connectivity index (χ0v) is 16.9. The Hall–Kier alpha value is -4.03. The van der Waals surface area contributed by atoms with Gasteiger partial charge in [-0.15, -0.1) is 0 Å². The Balaban J connectivity index is 1.98. The molecule has 31 heavy (non-hydrogen) atoms. The van der Waals surface area contributed by atoms with Crippen LogP contribution in [0.15, 0.2) is 72.8 Å². The highest BCUT2D eigenvalue weighted by atomic mass is 35.5. The van der Waals surface area contributed by atoms with Gasteiger partial charge >= 0.3 is 0 Å². The normalized spacial score (nSPS) is 10.7. The van der Waals surface area contributed by atoms with E-state index in [2.05, 4.69) is 4.98 Å². The fraction of sp³-hybridized carbons (Fsp3) is 0. The van der Waals surface area contributed by atoms with Crippen molar-refractivity contribution in [1.82, 2.24) is 4.98 Å². The number of hydrogen-bond acceptors (Lipinski definition) is 5. The van der Waals surface area contributed by atoms with Crippen molar-refractivity contribution in [2.45, 2.75) is 0 Å². The third-order valence-electron chi connectivity index (χ3n) is 4.86. The monoisotopic (exact) mass is 432 g/mol. The number of nitrogens with two attached hydrogens (primary N) is 1. The van der Waals surface area contributed by atoms with Crippen LogP contribution in [-0.4, -0.2) is 26.8 Å². The van der Waals surface area contributed by atoms with E-state index in [1.54, 1.807) is 48.5 Å². The van der Waals surface area contributed by atoms with Crippen LogP contribution in [0.3, 0.4) is 0 Å². The van der Waals surface area contributed by atoms with E-state index in [-0.39, 0.29) is 45.3 Å². The van der Waals surface area contributed by atoms with Gasteiger partial charge < -0.3 is 20.9 Å². The summed E-state index contributed by atoms with van der Waals surface area (Å²) in [7, 11) is 0. The second-order valence-corrected chi connectivity index (χ2v) is 7.34. The number of aromatic nitrogens is 1. The highest BCUT2D eigenvalue weighted by Crippen LogP contribution is 2.40. The van der Waals surface area contributed by atoms with E-state index in [9.17, 15) is 19.8 Å². The number of carbonyl (C=O) groups is 2. The lowest BCUT2D eigenvalue weighted by molar-refractivity contribution is 0.103. The molecule has 154 valence electrons. The second-order valence-electron chi connectivity index (χ2n) is 6.90. The number of rotatable bonds is 5. The minimum atomic E-state index is -0.467. The van der Waals surface area contributed by atoms with E-state index >= 15 is 0 Å². The van der Waals surface area contributed by atoms with E-state index in [4.69, 9.17) is 17.3 Å². The lowest BCUT2D eigenvalue weighted by Crippen LogP contribution is -2.07. The fourth-order valence-corrected chi connectivity index (χ4v) is 3.62. The topological polar surface area (TPSA) is 116 Å². The fourth-order valence-electron chi connectivity index (χ4n) is 3.43. The van der Waals surface area contributed by atoms with Gasteiger partial charge in [0.25, 0.3) is 0 Å². The number of anilines is 1. The molecule has 1 heterocycles. The van der Waals surface area contributed by atoms with Crippen LogP contribution in [-0.2, 0) is 0 Å². The van der Waals surface area contributed by atoms with Crippen molar-refractivity contribution >= 4 is 29.0 Å². The van der Waals surface area contributed by atoms with Gasteiger partial charge in [0, 0.05) is 33.3 Å². The lowest BCUT2D eigenvalue weighted by atomic mass is 9.92. The predicted molar refractivity (Wildman–Crippen MR) is 119 cm³/mol. The van der Waals surface area contributed by atoms with Crippen molar-refractivity contribution in [1.29, 1.82) is 0 Å². The molecule has 0 spiro atoms. The molecule has 0 radical (unpaired) electrons. The van der Waals surface area contributed by atoms with Crippen molar-refractivity contribution in [3.63, 3.8) is 0 Å². The summed E-state index contributed by atoms with van der Waals surface area (Å²) in [6.45, 7) is 0. The van der Waals surface area contributed by atoms with E-state index in [0.717, 1.165) is 6.07 Å². The van der Waals surface area contributed by atoms with E-state index in [1.165, 1.54) is 18.2 Å². The molecule has 0 bridgehead atoms. The number of nitrogen functional groups attached to an aromatic ring is 1. The standard InChI is InChI=1S/C24H17ClN2O4/c25-15-8-4-7-14(11-15)22(30)20-19(17-10-9-16(28)12-18(17)29)21(27-24(20)26)23(31)13-5-2-1-3-6-13/h1-12,27-29H,26H2. The lowest BCUT2D eigenvalue weighted by Gasteiger charge is -2.10. The molecule has 7 heteroatoms. The summed E-state index contributed by atoms with van der Waals surface area (Å²) in [6, 6.07) is 18.7. The minimum absolute atomic E-state index is 0.0215. The molecule has 0 aliphatic carbocycles. The number of ketones is 2. The molecule has 0 aliphatic rings. The first kappa shape index (κ1) is 20.3. The Labute approximate surface area is 182 Å². The maximum absolute atomic E-state index is 13.4. The minimum Gasteiger partial charge on any atom is -0.508 e. The van der Waals surface area contributed by atoms with Crippen molar-refractivity contribution in [3.8, 4) is 22.6 Å². The Morgan fingerprint density at radius 1 is 0.839 bits per heavy atom. The number of halogens is 1. The number of aromatic amines is 1. The van der Waals surface area contributed by atoms with Gasteiger partial charge in [-0.3, -0.25) is 9.59 Å². The Kier molecular flexibility index (Phi) is 5.23. The quantitative estimate of drug-likeness (QED) is 0.338. The van der Waals surface area contributed by atoms with E-state index < -0.39 is 11.6 Å². The van der Waals surface area contributed by atoms with Gasteiger partial charge in [-0.25, -0.2) is 0 Å². The van der Waals surface area contributed by atoms with Crippen molar-refractivity contribution < 1.29 is 19.8 Å². The van der Waals surface area contributed by atoms with Crippen molar-refractivity contribution in [3.05, 3.63) is 100 Å². The van der Waals surface area contributed by atoms with Crippen LogP contribution in [0.4, 0.5) is 5.82 Å². The first-order valence-corrected chi connectivity index (χ1v) is 9.68. The summed E-state index contributed by atoms with van der Waals surface area (Å²) in [6.07, 6.45) is 0. The molecule has 0 fully saturated rings. The molecule has 6 nitrogen and oxygen atoms in total. The highest BCUT2D eigenvalue weighted by molar-refractivity contribution is 6.31. The third-order valence-corrected chi connectivity index (χ3v) is 5.09. The number of phenolic OH excluding ortho intramolecular Hbond substituents is 2. The van der Waals surface area contributed by atoms with Gasteiger partial charge in [0.15, 0.2) is 5.78 Å². The molecule has 4 aromatic rings. The molecule has 0 unspecified atom stereocenters. The van der Waals surface area contributed by atoms with Crippen LogP contribution in [0.1, 0.15) is 32.0 Å². The van der Waals surface area contributed by atoms with Crippen LogP contribution in [0.5, 0.6) is 11.5 Å². The number of nitrogens with one attached hydrogen (secondary N) is 1. The Morgan fingerprint density at radius 3 is 2.23 bits per heavy atom.